The monoisotopic (exact) mass is 265 g/mol. The Bertz CT molecular complexity index is 355. The number of rotatable bonds is 2. The standard InChI is InChI=1S/C12H19N5S/c1-3-16(4-2-13-1)11-9-12(15-10-14-11)17-5-7-18-8-6-17/h9-10,13H,1-8H2. The molecule has 0 spiro atoms. The summed E-state index contributed by atoms with van der Waals surface area (Å²) in [6, 6.07) is 2.14. The summed E-state index contributed by atoms with van der Waals surface area (Å²) in [5, 5.41) is 3.36. The SMILES string of the molecule is c1nc(N2CCNCC2)cc(N2CCSCC2)n1. The van der Waals surface area contributed by atoms with Gasteiger partial charge in [0, 0.05) is 56.8 Å². The molecule has 0 bridgehead atoms. The second-order valence-corrected chi connectivity index (χ2v) is 5.80. The van der Waals surface area contributed by atoms with Gasteiger partial charge in [-0.25, -0.2) is 9.97 Å². The zero-order chi connectivity index (χ0) is 12.2. The van der Waals surface area contributed by atoms with E-state index in [1.165, 1.54) is 11.5 Å². The van der Waals surface area contributed by atoms with Gasteiger partial charge in [0.1, 0.15) is 18.0 Å². The molecule has 0 amide bonds. The molecule has 0 aromatic carbocycles. The molecule has 5 nitrogen and oxygen atoms in total. The van der Waals surface area contributed by atoms with Crippen LogP contribution in [0.25, 0.3) is 0 Å². The molecule has 1 aromatic heterocycles. The van der Waals surface area contributed by atoms with E-state index >= 15 is 0 Å². The summed E-state index contributed by atoms with van der Waals surface area (Å²) in [5.41, 5.74) is 0. The summed E-state index contributed by atoms with van der Waals surface area (Å²) in [5.74, 6) is 4.55. The highest BCUT2D eigenvalue weighted by molar-refractivity contribution is 7.99. The van der Waals surface area contributed by atoms with Crippen LogP contribution in [0.15, 0.2) is 12.4 Å². The first-order valence-corrected chi connectivity index (χ1v) is 7.69. The van der Waals surface area contributed by atoms with Crippen molar-refractivity contribution in [1.29, 1.82) is 0 Å². The third kappa shape index (κ3) is 2.70. The molecule has 2 fully saturated rings. The van der Waals surface area contributed by atoms with E-state index in [4.69, 9.17) is 0 Å². The van der Waals surface area contributed by atoms with Crippen LogP contribution in [0, 0.1) is 0 Å². The number of hydrogen-bond acceptors (Lipinski definition) is 6. The van der Waals surface area contributed by atoms with Crippen molar-refractivity contribution in [3.8, 4) is 0 Å². The van der Waals surface area contributed by atoms with Crippen LogP contribution in [-0.2, 0) is 0 Å². The zero-order valence-corrected chi connectivity index (χ0v) is 11.3. The lowest BCUT2D eigenvalue weighted by molar-refractivity contribution is 0.584. The van der Waals surface area contributed by atoms with Crippen molar-refractivity contribution in [1.82, 2.24) is 15.3 Å². The quantitative estimate of drug-likeness (QED) is 0.837. The molecular weight excluding hydrogens is 246 g/mol. The van der Waals surface area contributed by atoms with Gasteiger partial charge in [-0.3, -0.25) is 0 Å². The first-order valence-electron chi connectivity index (χ1n) is 6.54. The maximum Gasteiger partial charge on any atom is 0.134 e. The lowest BCUT2D eigenvalue weighted by atomic mass is 10.3. The normalized spacial score (nSPS) is 21.1. The van der Waals surface area contributed by atoms with Crippen LogP contribution in [-0.4, -0.2) is 60.7 Å². The number of nitrogens with one attached hydrogen (secondary N) is 1. The van der Waals surface area contributed by atoms with E-state index in [0.29, 0.717) is 0 Å². The fourth-order valence-electron chi connectivity index (χ4n) is 2.37. The van der Waals surface area contributed by atoms with Crippen LogP contribution in [0.4, 0.5) is 11.6 Å². The van der Waals surface area contributed by atoms with Crippen molar-refractivity contribution in [3.05, 3.63) is 12.4 Å². The Kier molecular flexibility index (Phi) is 3.85. The second-order valence-electron chi connectivity index (χ2n) is 4.57. The van der Waals surface area contributed by atoms with E-state index in [0.717, 1.165) is 50.9 Å². The molecule has 0 aliphatic carbocycles. The van der Waals surface area contributed by atoms with Crippen molar-refractivity contribution >= 4 is 23.4 Å². The molecular formula is C12H19N5S. The molecule has 0 unspecified atom stereocenters. The van der Waals surface area contributed by atoms with Crippen LogP contribution >= 0.6 is 11.8 Å². The molecule has 3 rings (SSSR count). The van der Waals surface area contributed by atoms with Gasteiger partial charge >= 0.3 is 0 Å². The molecule has 98 valence electrons. The largest absolute Gasteiger partial charge is 0.355 e. The van der Waals surface area contributed by atoms with Gasteiger partial charge < -0.3 is 15.1 Å². The first-order chi connectivity index (χ1) is 8.93. The third-order valence-corrected chi connectivity index (χ3v) is 4.36. The molecule has 0 radical (unpaired) electrons. The average molecular weight is 265 g/mol. The lowest BCUT2D eigenvalue weighted by Gasteiger charge is -2.30. The Morgan fingerprint density at radius 3 is 2.22 bits per heavy atom. The van der Waals surface area contributed by atoms with E-state index in [-0.39, 0.29) is 0 Å². The van der Waals surface area contributed by atoms with Crippen LogP contribution in [0.3, 0.4) is 0 Å². The van der Waals surface area contributed by atoms with Gasteiger partial charge in [0.05, 0.1) is 0 Å². The van der Waals surface area contributed by atoms with Gasteiger partial charge in [0.25, 0.3) is 0 Å². The predicted octanol–water partition coefficient (Wildman–Crippen LogP) is 0.439. The minimum Gasteiger partial charge on any atom is -0.355 e. The van der Waals surface area contributed by atoms with E-state index in [1.54, 1.807) is 6.33 Å². The molecule has 1 N–H and O–H groups in total. The minimum atomic E-state index is 1.03. The summed E-state index contributed by atoms with van der Waals surface area (Å²) < 4.78 is 0. The number of aromatic nitrogens is 2. The van der Waals surface area contributed by atoms with Crippen molar-refractivity contribution in [2.75, 3.05) is 60.6 Å². The maximum atomic E-state index is 4.42. The van der Waals surface area contributed by atoms with Crippen LogP contribution in [0.1, 0.15) is 0 Å². The van der Waals surface area contributed by atoms with Gasteiger partial charge in [0.2, 0.25) is 0 Å². The maximum absolute atomic E-state index is 4.42. The molecule has 18 heavy (non-hydrogen) atoms. The highest BCUT2D eigenvalue weighted by atomic mass is 32.2. The molecule has 2 aliphatic rings. The Morgan fingerprint density at radius 2 is 1.56 bits per heavy atom. The van der Waals surface area contributed by atoms with Crippen molar-refractivity contribution in [2.24, 2.45) is 0 Å². The lowest BCUT2D eigenvalue weighted by Crippen LogP contribution is -2.44. The summed E-state index contributed by atoms with van der Waals surface area (Å²) in [4.78, 5) is 13.5. The smallest absolute Gasteiger partial charge is 0.134 e. The van der Waals surface area contributed by atoms with E-state index in [2.05, 4.69) is 31.2 Å². The number of piperazine rings is 1. The van der Waals surface area contributed by atoms with E-state index < -0.39 is 0 Å². The summed E-state index contributed by atoms with van der Waals surface area (Å²) in [7, 11) is 0. The van der Waals surface area contributed by atoms with E-state index in [1.807, 2.05) is 11.8 Å². The number of thioether (sulfide) groups is 1. The second kappa shape index (κ2) is 5.75. The van der Waals surface area contributed by atoms with Gasteiger partial charge in [-0.05, 0) is 0 Å². The third-order valence-electron chi connectivity index (χ3n) is 3.41. The highest BCUT2D eigenvalue weighted by Crippen LogP contribution is 2.20. The summed E-state index contributed by atoms with van der Waals surface area (Å²) in [6.45, 7) is 6.35. The highest BCUT2D eigenvalue weighted by Gasteiger charge is 2.16. The zero-order valence-electron chi connectivity index (χ0n) is 10.5. The number of anilines is 2. The average Bonchev–Trinajstić information content (AvgIpc) is 2.49. The minimum absolute atomic E-state index is 1.03. The van der Waals surface area contributed by atoms with E-state index in [9.17, 15) is 0 Å². The molecule has 1 aromatic rings. The van der Waals surface area contributed by atoms with Crippen LogP contribution < -0.4 is 15.1 Å². The van der Waals surface area contributed by atoms with Gasteiger partial charge in [-0.1, -0.05) is 0 Å². The molecule has 3 heterocycles. The summed E-state index contributed by atoms with van der Waals surface area (Å²) >= 11 is 2.02. The van der Waals surface area contributed by atoms with Gasteiger partial charge in [-0.2, -0.15) is 11.8 Å². The van der Waals surface area contributed by atoms with Crippen LogP contribution in [0.5, 0.6) is 0 Å². The molecule has 2 saturated heterocycles. The fourth-order valence-corrected chi connectivity index (χ4v) is 3.27. The van der Waals surface area contributed by atoms with Crippen molar-refractivity contribution in [2.45, 2.75) is 0 Å². The number of nitrogens with zero attached hydrogens (tertiary/aromatic N) is 4. The fraction of sp³-hybridized carbons (Fsp3) is 0.667. The van der Waals surface area contributed by atoms with Gasteiger partial charge in [0.15, 0.2) is 0 Å². The Morgan fingerprint density at radius 1 is 0.944 bits per heavy atom. The van der Waals surface area contributed by atoms with Crippen molar-refractivity contribution < 1.29 is 0 Å². The number of hydrogen-bond donors (Lipinski definition) is 1. The van der Waals surface area contributed by atoms with Gasteiger partial charge in [-0.15, -0.1) is 0 Å². The van der Waals surface area contributed by atoms with Crippen LogP contribution in [0.2, 0.25) is 0 Å². The molecule has 6 heteroatoms. The molecule has 0 saturated carbocycles. The Hall–Kier alpha value is -1.01. The molecule has 2 aliphatic heterocycles. The topological polar surface area (TPSA) is 44.3 Å². The Balaban J connectivity index is 1.75. The molecule has 0 atom stereocenters. The van der Waals surface area contributed by atoms with Crippen molar-refractivity contribution in [3.63, 3.8) is 0 Å². The Labute approximate surface area is 112 Å². The predicted molar refractivity (Wildman–Crippen MR) is 76.7 cm³/mol. The first kappa shape index (κ1) is 12.0. The summed E-state index contributed by atoms with van der Waals surface area (Å²) in [6.07, 6.45) is 1.70.